The van der Waals surface area contributed by atoms with E-state index in [2.05, 4.69) is 28.2 Å². The van der Waals surface area contributed by atoms with Gasteiger partial charge in [-0.1, -0.05) is 25.9 Å². The summed E-state index contributed by atoms with van der Waals surface area (Å²) in [6.45, 7) is 5.82. The largest absolute Gasteiger partial charge is 0.466 e. The zero-order valence-electron chi connectivity index (χ0n) is 19.0. The molecule has 1 saturated carbocycles. The Balaban J connectivity index is 1.60. The number of carbonyl (C=O) groups excluding carboxylic acids is 1. The highest BCUT2D eigenvalue weighted by atomic mass is 28.3. The molecule has 0 N–H and O–H groups in total. The lowest BCUT2D eigenvalue weighted by molar-refractivity contribution is -0.134. The Morgan fingerprint density at radius 1 is 1.28 bits per heavy atom. The molecule has 1 aliphatic carbocycles. The number of nitrogens with zero attached hydrogens (tertiary/aromatic N) is 5. The molecule has 8 nitrogen and oxygen atoms in total. The van der Waals surface area contributed by atoms with Crippen LogP contribution in [0.5, 0.6) is 0 Å². The smallest absolute Gasteiger partial charge is 0.332 e. The lowest BCUT2D eigenvalue weighted by Gasteiger charge is -2.14. The highest BCUT2D eigenvalue weighted by Gasteiger charge is 2.23. The molecule has 0 bridgehead atoms. The number of hydrogen-bond donors (Lipinski definition) is 0. The van der Waals surface area contributed by atoms with Crippen LogP contribution in [-0.4, -0.2) is 52.8 Å². The summed E-state index contributed by atoms with van der Waals surface area (Å²) in [4.78, 5) is 21.0. The second-order valence-corrected chi connectivity index (χ2v) is 11.4. The van der Waals surface area contributed by atoms with Gasteiger partial charge in [-0.2, -0.15) is 5.10 Å². The van der Waals surface area contributed by atoms with Crippen molar-refractivity contribution in [3.63, 3.8) is 0 Å². The van der Waals surface area contributed by atoms with Gasteiger partial charge in [0.25, 0.3) is 0 Å². The summed E-state index contributed by atoms with van der Waals surface area (Å²) in [5.74, 6) is -0.0524. The van der Waals surface area contributed by atoms with Crippen LogP contribution in [0.2, 0.25) is 19.1 Å². The van der Waals surface area contributed by atoms with E-state index in [-0.39, 0.29) is 14.8 Å². The molecule has 0 saturated heterocycles. The minimum absolute atomic E-state index is 0.282. The van der Waals surface area contributed by atoms with Gasteiger partial charge in [0.1, 0.15) is 18.7 Å². The van der Waals surface area contributed by atoms with Crippen molar-refractivity contribution in [1.29, 1.82) is 0 Å². The van der Waals surface area contributed by atoms with Gasteiger partial charge in [0, 0.05) is 50.7 Å². The van der Waals surface area contributed by atoms with Crippen molar-refractivity contribution < 1.29 is 14.3 Å². The summed E-state index contributed by atoms with van der Waals surface area (Å²) < 4.78 is 14.5. The second-order valence-electron chi connectivity index (χ2n) is 8.49. The predicted molar refractivity (Wildman–Crippen MR) is 125 cm³/mol. The fourth-order valence-corrected chi connectivity index (χ4v) is 4.69. The molecule has 1 radical (unpaired) electrons. The average Bonchev–Trinajstić information content (AvgIpc) is 3.55. The molecule has 0 spiro atoms. The molecule has 0 amide bonds. The molecule has 0 atom stereocenters. The normalized spacial score (nSPS) is 15.2. The molecule has 0 aromatic carbocycles. The topological polar surface area (TPSA) is 84.1 Å². The van der Waals surface area contributed by atoms with Gasteiger partial charge in [0.05, 0.1) is 24.7 Å². The van der Waals surface area contributed by atoms with Gasteiger partial charge < -0.3 is 14.0 Å². The van der Waals surface area contributed by atoms with Crippen LogP contribution >= 0.6 is 0 Å². The predicted octanol–water partition coefficient (Wildman–Crippen LogP) is 4.23. The summed E-state index contributed by atoms with van der Waals surface area (Å²) in [5.41, 5.74) is 3.41. The van der Waals surface area contributed by atoms with Gasteiger partial charge in [0.2, 0.25) is 0 Å². The minimum atomic E-state index is -0.357. The lowest BCUT2D eigenvalue weighted by atomic mass is 10.0. The number of carbonyl (C=O) groups is 1. The van der Waals surface area contributed by atoms with E-state index in [0.29, 0.717) is 12.6 Å². The molecular weight excluding hydrogens is 422 g/mol. The number of rotatable bonds is 9. The van der Waals surface area contributed by atoms with E-state index in [0.717, 1.165) is 66.3 Å². The maximum Gasteiger partial charge on any atom is 0.332 e. The maximum absolute atomic E-state index is 12.0. The van der Waals surface area contributed by atoms with Crippen LogP contribution in [0.25, 0.3) is 28.0 Å². The summed E-state index contributed by atoms with van der Waals surface area (Å²) in [5, 5.41) is 5.52. The molecule has 1 aliphatic rings. The van der Waals surface area contributed by atoms with Crippen LogP contribution in [0.1, 0.15) is 25.7 Å². The first-order valence-electron chi connectivity index (χ1n) is 11.1. The quantitative estimate of drug-likeness (QED) is 0.209. The van der Waals surface area contributed by atoms with Crippen molar-refractivity contribution in [3.8, 4) is 11.3 Å². The van der Waals surface area contributed by atoms with Gasteiger partial charge in [0.15, 0.2) is 0 Å². The van der Waals surface area contributed by atoms with Crippen molar-refractivity contribution in [3.05, 3.63) is 37.1 Å². The molecule has 4 rings (SSSR count). The van der Waals surface area contributed by atoms with Crippen LogP contribution in [-0.2, 0) is 21.0 Å². The molecular formula is C23H30N5O3Si. The summed E-state index contributed by atoms with van der Waals surface area (Å²) in [6.07, 6.45) is 13.3. The molecule has 9 heteroatoms. The first-order chi connectivity index (χ1) is 15.6. The van der Waals surface area contributed by atoms with Gasteiger partial charge in [-0.15, -0.1) is 0 Å². The molecule has 32 heavy (non-hydrogen) atoms. The van der Waals surface area contributed by atoms with E-state index in [1.807, 2.05) is 23.0 Å². The standard InChI is InChI=1S/C23H30N5O3Si/c1-30-21(29)12-20(17-6-4-5-7-17)28-14-18(13-26-28)22-19-8-9-27(23(19)25-15-24-22)16-31-10-11-32(2)3/h8-9,12-15,17H,4-7,10-11,16H2,1-3H3/b20-12+. The van der Waals surface area contributed by atoms with Gasteiger partial charge >= 0.3 is 5.97 Å². The van der Waals surface area contributed by atoms with E-state index in [1.165, 1.54) is 7.11 Å². The van der Waals surface area contributed by atoms with E-state index in [4.69, 9.17) is 9.47 Å². The number of allylic oxidation sites excluding steroid dienone is 1. The molecule has 169 valence electrons. The number of hydrogen-bond acceptors (Lipinski definition) is 6. The van der Waals surface area contributed by atoms with Crippen LogP contribution < -0.4 is 0 Å². The Morgan fingerprint density at radius 2 is 2.09 bits per heavy atom. The number of aromatic nitrogens is 5. The first kappa shape index (κ1) is 22.4. The Hall–Kier alpha value is -2.78. The van der Waals surface area contributed by atoms with Crippen molar-refractivity contribution >= 4 is 31.5 Å². The highest BCUT2D eigenvalue weighted by molar-refractivity contribution is 6.55. The summed E-state index contributed by atoms with van der Waals surface area (Å²) in [7, 11) is 1.12. The third kappa shape index (κ3) is 4.99. The van der Waals surface area contributed by atoms with E-state index < -0.39 is 0 Å². The third-order valence-electron chi connectivity index (χ3n) is 5.89. The van der Waals surface area contributed by atoms with Crippen LogP contribution in [0.15, 0.2) is 37.1 Å². The van der Waals surface area contributed by atoms with Crippen molar-refractivity contribution in [2.45, 2.75) is 51.6 Å². The molecule has 0 unspecified atom stereocenters. The zero-order chi connectivity index (χ0) is 22.5. The Morgan fingerprint density at radius 3 is 2.84 bits per heavy atom. The van der Waals surface area contributed by atoms with Crippen molar-refractivity contribution in [2.24, 2.45) is 5.92 Å². The molecule has 3 aromatic rings. The van der Waals surface area contributed by atoms with Crippen molar-refractivity contribution in [1.82, 2.24) is 24.3 Å². The van der Waals surface area contributed by atoms with Gasteiger partial charge in [-0.25, -0.2) is 19.4 Å². The van der Waals surface area contributed by atoms with Crippen molar-refractivity contribution in [2.75, 3.05) is 13.7 Å². The highest BCUT2D eigenvalue weighted by Crippen LogP contribution is 2.34. The number of ether oxygens (including phenoxy) is 2. The average molecular weight is 453 g/mol. The third-order valence-corrected chi connectivity index (χ3v) is 7.10. The molecule has 3 heterocycles. The lowest BCUT2D eigenvalue weighted by Crippen LogP contribution is -2.10. The Bertz CT molecular complexity index is 1100. The van der Waals surface area contributed by atoms with Crippen LogP contribution in [0.4, 0.5) is 0 Å². The fourth-order valence-electron chi connectivity index (χ4n) is 4.14. The van der Waals surface area contributed by atoms with E-state index >= 15 is 0 Å². The number of methoxy groups -OCH3 is 1. The van der Waals surface area contributed by atoms with E-state index in [1.54, 1.807) is 23.3 Å². The summed E-state index contributed by atoms with van der Waals surface area (Å²) in [6, 6.07) is 3.15. The first-order valence-corrected chi connectivity index (χ1v) is 13.8. The van der Waals surface area contributed by atoms with Gasteiger partial charge in [-0.05, 0) is 25.0 Å². The SMILES string of the molecule is COC(=O)/C=C(\C1CCCC1)n1cc(-c2ncnc3c2ccn3COCC[Si](C)C)cn1. The van der Waals surface area contributed by atoms with Crippen LogP contribution in [0, 0.1) is 5.92 Å². The Labute approximate surface area is 189 Å². The fraction of sp³-hybridized carbons (Fsp3) is 0.478. The Kier molecular flexibility index (Phi) is 7.16. The number of esters is 1. The molecule has 0 aliphatic heterocycles. The minimum Gasteiger partial charge on any atom is -0.466 e. The van der Waals surface area contributed by atoms with Gasteiger partial charge in [-0.3, -0.25) is 0 Å². The second kappa shape index (κ2) is 10.2. The number of fused-ring (bicyclic) bond motifs is 1. The van der Waals surface area contributed by atoms with Crippen LogP contribution in [0.3, 0.4) is 0 Å². The zero-order valence-corrected chi connectivity index (χ0v) is 20.0. The monoisotopic (exact) mass is 452 g/mol. The molecule has 3 aromatic heterocycles. The maximum atomic E-state index is 12.0. The van der Waals surface area contributed by atoms with E-state index in [9.17, 15) is 4.79 Å². The summed E-state index contributed by atoms with van der Waals surface area (Å²) >= 11 is 0. The molecule has 1 fully saturated rings.